The highest BCUT2D eigenvalue weighted by Gasteiger charge is 2.20. The predicted octanol–water partition coefficient (Wildman–Crippen LogP) is 4.04. The van der Waals surface area contributed by atoms with Gasteiger partial charge >= 0.3 is 0 Å². The zero-order valence-electron chi connectivity index (χ0n) is 11.1. The van der Waals surface area contributed by atoms with Gasteiger partial charge < -0.3 is 4.43 Å². The van der Waals surface area contributed by atoms with E-state index >= 15 is 0 Å². The summed E-state index contributed by atoms with van der Waals surface area (Å²) in [4.78, 5) is 0. The third-order valence-corrected chi connectivity index (χ3v) is 3.21. The topological polar surface area (TPSA) is 21.6 Å². The van der Waals surface area contributed by atoms with Crippen LogP contribution in [0.4, 0.5) is 0 Å². The molecule has 4 heteroatoms. The molecule has 0 aliphatic heterocycles. The van der Waals surface area contributed by atoms with Crippen LogP contribution in [-0.2, 0) is 4.43 Å². The zero-order valence-corrected chi connectivity index (χ0v) is 13.1. The average Bonchev–Trinajstić information content (AvgIpc) is 1.94. The van der Waals surface area contributed by atoms with Crippen LogP contribution in [0.1, 0.15) is 12.8 Å². The maximum atomic E-state index is 5.99. The van der Waals surface area contributed by atoms with Crippen molar-refractivity contribution in [3.8, 4) is 0 Å². The fraction of sp³-hybridized carbons (Fsp3) is 0.727. The van der Waals surface area contributed by atoms with Crippen LogP contribution in [0.2, 0.25) is 39.3 Å². The van der Waals surface area contributed by atoms with Crippen molar-refractivity contribution in [3.63, 3.8) is 0 Å². The van der Waals surface area contributed by atoms with E-state index in [1.807, 2.05) is 6.08 Å². The molecule has 0 spiro atoms. The highest BCUT2D eigenvalue weighted by atomic mass is 28.4. The van der Waals surface area contributed by atoms with Gasteiger partial charge in [-0.15, -0.1) is 6.58 Å². The smallest absolute Gasteiger partial charge is 0.243 e. The molecule has 15 heavy (non-hydrogen) atoms. The van der Waals surface area contributed by atoms with Gasteiger partial charge in [0.1, 0.15) is 0 Å². The van der Waals surface area contributed by atoms with Crippen LogP contribution < -0.4 is 0 Å². The third-order valence-electron chi connectivity index (χ3n) is 1.45. The van der Waals surface area contributed by atoms with E-state index < -0.39 is 16.6 Å². The Morgan fingerprint density at radius 2 is 1.73 bits per heavy atom. The lowest BCUT2D eigenvalue weighted by Gasteiger charge is -2.23. The molecule has 0 bridgehead atoms. The van der Waals surface area contributed by atoms with Crippen LogP contribution in [0.15, 0.2) is 17.3 Å². The summed E-state index contributed by atoms with van der Waals surface area (Å²) in [7, 11) is -2.93. The molecule has 2 nitrogen and oxygen atoms in total. The molecule has 0 rings (SSSR count). The minimum Gasteiger partial charge on any atom is -0.535 e. The van der Waals surface area contributed by atoms with Crippen molar-refractivity contribution >= 4 is 22.5 Å². The highest BCUT2D eigenvalue weighted by molar-refractivity contribution is 6.76. The Kier molecular flexibility index (Phi) is 5.52. The van der Waals surface area contributed by atoms with E-state index in [1.165, 1.54) is 0 Å². The maximum Gasteiger partial charge on any atom is 0.243 e. The van der Waals surface area contributed by atoms with Gasteiger partial charge in [0.15, 0.2) is 14.1 Å². The average molecular weight is 243 g/mol. The zero-order chi connectivity index (χ0) is 12.1. The maximum absolute atomic E-state index is 5.99. The van der Waals surface area contributed by atoms with Gasteiger partial charge in [0.05, 0.1) is 0 Å². The van der Waals surface area contributed by atoms with Crippen LogP contribution in [-0.4, -0.2) is 22.5 Å². The molecule has 0 radical (unpaired) electrons. The Morgan fingerprint density at radius 3 is 2.07 bits per heavy atom. The van der Waals surface area contributed by atoms with Crippen molar-refractivity contribution < 1.29 is 4.43 Å². The Labute approximate surface area is 96.7 Å². The van der Waals surface area contributed by atoms with Crippen molar-refractivity contribution in [2.24, 2.45) is 4.66 Å². The number of nitrogens with zero attached hydrogens (tertiary/aromatic N) is 1. The summed E-state index contributed by atoms with van der Waals surface area (Å²) in [5, 5.41) is 0. The summed E-state index contributed by atoms with van der Waals surface area (Å²) in [6, 6.07) is 0. The Bertz CT molecular complexity index is 236. The fourth-order valence-corrected chi connectivity index (χ4v) is 2.93. The molecule has 0 atom stereocenters. The normalized spacial score (nSPS) is 13.9. The van der Waals surface area contributed by atoms with Crippen molar-refractivity contribution in [2.75, 3.05) is 0 Å². The lowest BCUT2D eigenvalue weighted by molar-refractivity contribution is 0.534. The molecule has 0 aliphatic carbocycles. The molecule has 0 amide bonds. The van der Waals surface area contributed by atoms with E-state index in [0.717, 1.165) is 18.7 Å². The predicted molar refractivity (Wildman–Crippen MR) is 74.6 cm³/mol. The first-order valence-corrected chi connectivity index (χ1v) is 12.4. The Balaban J connectivity index is 4.58. The first-order chi connectivity index (χ1) is 6.64. The monoisotopic (exact) mass is 243 g/mol. The molecule has 0 fully saturated rings. The van der Waals surface area contributed by atoms with Gasteiger partial charge in [0.2, 0.25) is 8.32 Å². The standard InChI is InChI=1S/C11H25NOSi2/c1-8-9-10-11(12-14(2,3)4)13-15(5,6)7/h8H,1,9-10H2,2-7H3. The van der Waals surface area contributed by atoms with E-state index in [1.54, 1.807) is 0 Å². The second-order valence-electron chi connectivity index (χ2n) is 5.72. The third kappa shape index (κ3) is 9.94. The molecule has 0 unspecified atom stereocenters. The summed E-state index contributed by atoms with van der Waals surface area (Å²) in [5.41, 5.74) is 0. The molecule has 0 heterocycles. The van der Waals surface area contributed by atoms with E-state index in [-0.39, 0.29) is 0 Å². The van der Waals surface area contributed by atoms with Gasteiger partial charge in [-0.1, -0.05) is 6.08 Å². The van der Waals surface area contributed by atoms with Crippen LogP contribution in [0.5, 0.6) is 0 Å². The van der Waals surface area contributed by atoms with Crippen LogP contribution in [0.3, 0.4) is 0 Å². The quantitative estimate of drug-likeness (QED) is 0.309. The largest absolute Gasteiger partial charge is 0.535 e. The van der Waals surface area contributed by atoms with Crippen LogP contribution in [0, 0.1) is 0 Å². The molecule has 0 aliphatic rings. The van der Waals surface area contributed by atoms with Gasteiger partial charge in [-0.25, -0.2) is 0 Å². The van der Waals surface area contributed by atoms with Gasteiger partial charge in [0.25, 0.3) is 0 Å². The lowest BCUT2D eigenvalue weighted by Crippen LogP contribution is -2.31. The van der Waals surface area contributed by atoms with E-state index in [4.69, 9.17) is 9.08 Å². The Hall–Kier alpha value is -0.356. The molecule has 0 saturated carbocycles. The van der Waals surface area contributed by atoms with Gasteiger partial charge in [-0.2, -0.15) is 0 Å². The number of rotatable bonds is 5. The first-order valence-electron chi connectivity index (χ1n) is 5.53. The summed E-state index contributed by atoms with van der Waals surface area (Å²) < 4.78 is 10.7. The van der Waals surface area contributed by atoms with Crippen molar-refractivity contribution in [1.82, 2.24) is 0 Å². The van der Waals surface area contributed by atoms with Crippen LogP contribution in [0.25, 0.3) is 0 Å². The Morgan fingerprint density at radius 1 is 1.20 bits per heavy atom. The molecule has 88 valence electrons. The molecular formula is C11H25NOSi2. The minimum atomic E-state index is -1.51. The summed E-state index contributed by atoms with van der Waals surface area (Å²) in [6.07, 6.45) is 3.78. The number of hydrogen-bond donors (Lipinski definition) is 0. The highest BCUT2D eigenvalue weighted by Crippen LogP contribution is 2.11. The van der Waals surface area contributed by atoms with Crippen molar-refractivity contribution in [3.05, 3.63) is 12.7 Å². The summed E-state index contributed by atoms with van der Waals surface area (Å²) in [5.74, 6) is 0.952. The van der Waals surface area contributed by atoms with E-state index in [2.05, 4.69) is 45.9 Å². The van der Waals surface area contributed by atoms with E-state index in [0.29, 0.717) is 0 Å². The molecule has 0 N–H and O–H groups in total. The first kappa shape index (κ1) is 14.6. The second kappa shape index (κ2) is 5.65. The molecule has 0 saturated heterocycles. The van der Waals surface area contributed by atoms with Gasteiger partial charge in [-0.05, 0) is 45.7 Å². The van der Waals surface area contributed by atoms with Gasteiger partial charge in [-0.3, -0.25) is 4.66 Å². The molecule has 0 aromatic heterocycles. The summed E-state index contributed by atoms with van der Waals surface area (Å²) in [6.45, 7) is 17.0. The van der Waals surface area contributed by atoms with Gasteiger partial charge in [0, 0.05) is 6.42 Å². The lowest BCUT2D eigenvalue weighted by atomic mass is 10.3. The summed E-state index contributed by atoms with van der Waals surface area (Å²) >= 11 is 0. The molecule has 0 aromatic carbocycles. The molecule has 0 aromatic rings. The van der Waals surface area contributed by atoms with Crippen molar-refractivity contribution in [2.45, 2.75) is 52.1 Å². The number of hydrogen-bond acceptors (Lipinski definition) is 2. The number of allylic oxidation sites excluding steroid dienone is 1. The SMILES string of the molecule is C=CCCC(=N[Si](C)(C)C)O[Si](C)(C)C. The van der Waals surface area contributed by atoms with Crippen LogP contribution >= 0.6 is 0 Å². The van der Waals surface area contributed by atoms with Crippen molar-refractivity contribution in [1.29, 1.82) is 0 Å². The second-order valence-corrected chi connectivity index (χ2v) is 14.7. The minimum absolute atomic E-state index is 0.901. The fourth-order valence-electron chi connectivity index (χ4n) is 1.08. The van der Waals surface area contributed by atoms with E-state index in [9.17, 15) is 0 Å². The molecular weight excluding hydrogens is 218 g/mol.